The standard InChI is InChI=1S/C12H10ClF3N2O2S/c13-9-1-3-10(4-2-9)21(19,20)7-11-17-5-6-18(11)8-12(14,15)16/h1-6H,7-8H2. The maximum absolute atomic E-state index is 12.4. The van der Waals surface area contributed by atoms with E-state index in [-0.39, 0.29) is 10.7 Å². The highest BCUT2D eigenvalue weighted by molar-refractivity contribution is 7.90. The monoisotopic (exact) mass is 338 g/mol. The third-order valence-corrected chi connectivity index (χ3v) is 4.52. The van der Waals surface area contributed by atoms with Crippen molar-refractivity contribution < 1.29 is 21.6 Å². The van der Waals surface area contributed by atoms with Gasteiger partial charge in [-0.25, -0.2) is 13.4 Å². The number of hydrogen-bond acceptors (Lipinski definition) is 3. The summed E-state index contributed by atoms with van der Waals surface area (Å²) in [4.78, 5) is 3.67. The van der Waals surface area contributed by atoms with Crippen LogP contribution < -0.4 is 0 Å². The molecule has 114 valence electrons. The zero-order chi connectivity index (χ0) is 15.7. The first kappa shape index (κ1) is 15.8. The summed E-state index contributed by atoms with van der Waals surface area (Å²) in [5.74, 6) is -0.778. The fourth-order valence-electron chi connectivity index (χ4n) is 1.71. The topological polar surface area (TPSA) is 52.0 Å². The van der Waals surface area contributed by atoms with Gasteiger partial charge in [0.05, 0.1) is 4.90 Å². The average molecular weight is 339 g/mol. The molecular weight excluding hydrogens is 329 g/mol. The molecule has 0 saturated heterocycles. The van der Waals surface area contributed by atoms with Gasteiger partial charge in [-0.05, 0) is 24.3 Å². The van der Waals surface area contributed by atoms with Gasteiger partial charge in [0, 0.05) is 17.4 Å². The summed E-state index contributed by atoms with van der Waals surface area (Å²) in [7, 11) is -3.79. The summed E-state index contributed by atoms with van der Waals surface area (Å²) >= 11 is 5.67. The number of sulfone groups is 1. The lowest BCUT2D eigenvalue weighted by molar-refractivity contribution is -0.141. The molecule has 0 N–H and O–H groups in total. The lowest BCUT2D eigenvalue weighted by Crippen LogP contribution is -2.20. The molecule has 1 heterocycles. The van der Waals surface area contributed by atoms with Crippen molar-refractivity contribution in [3.05, 3.63) is 47.5 Å². The maximum Gasteiger partial charge on any atom is 0.406 e. The summed E-state index contributed by atoms with van der Waals surface area (Å²) in [6.45, 7) is -1.28. The van der Waals surface area contributed by atoms with Gasteiger partial charge in [-0.3, -0.25) is 0 Å². The van der Waals surface area contributed by atoms with Crippen molar-refractivity contribution >= 4 is 21.4 Å². The molecule has 0 aliphatic carbocycles. The van der Waals surface area contributed by atoms with Crippen molar-refractivity contribution in [2.75, 3.05) is 0 Å². The van der Waals surface area contributed by atoms with E-state index in [2.05, 4.69) is 4.98 Å². The van der Waals surface area contributed by atoms with Crippen LogP contribution in [0.4, 0.5) is 13.2 Å². The molecule has 4 nitrogen and oxygen atoms in total. The molecular formula is C12H10ClF3N2O2S. The van der Waals surface area contributed by atoms with Crippen molar-refractivity contribution in [1.82, 2.24) is 9.55 Å². The smallest absolute Gasteiger partial charge is 0.325 e. The van der Waals surface area contributed by atoms with Crippen LogP contribution in [0.25, 0.3) is 0 Å². The Morgan fingerprint density at radius 3 is 2.38 bits per heavy atom. The van der Waals surface area contributed by atoms with Crippen molar-refractivity contribution in [3.8, 4) is 0 Å². The van der Waals surface area contributed by atoms with Crippen LogP contribution in [0, 0.1) is 0 Å². The summed E-state index contributed by atoms with van der Waals surface area (Å²) in [6, 6.07) is 5.40. The fraction of sp³-hybridized carbons (Fsp3) is 0.250. The van der Waals surface area contributed by atoms with E-state index in [9.17, 15) is 21.6 Å². The quantitative estimate of drug-likeness (QED) is 0.861. The second-order valence-electron chi connectivity index (χ2n) is 4.30. The van der Waals surface area contributed by atoms with E-state index in [1.807, 2.05) is 0 Å². The van der Waals surface area contributed by atoms with Crippen molar-refractivity contribution in [3.63, 3.8) is 0 Å². The molecule has 0 aliphatic heterocycles. The van der Waals surface area contributed by atoms with Gasteiger partial charge >= 0.3 is 6.18 Å². The Balaban J connectivity index is 2.25. The van der Waals surface area contributed by atoms with Gasteiger partial charge in [0.25, 0.3) is 0 Å². The Hall–Kier alpha value is -1.54. The summed E-state index contributed by atoms with van der Waals surface area (Å²) in [5.41, 5.74) is 0. The third-order valence-electron chi connectivity index (χ3n) is 2.64. The van der Waals surface area contributed by atoms with Crippen molar-refractivity contribution in [1.29, 1.82) is 0 Å². The van der Waals surface area contributed by atoms with Gasteiger partial charge in [-0.15, -0.1) is 0 Å². The lowest BCUT2D eigenvalue weighted by atomic mass is 10.4. The highest BCUT2D eigenvalue weighted by Gasteiger charge is 2.29. The molecule has 0 bridgehead atoms. The predicted octanol–water partition coefficient (Wildman–Crippen LogP) is 3.07. The van der Waals surface area contributed by atoms with E-state index in [4.69, 9.17) is 11.6 Å². The molecule has 0 unspecified atom stereocenters. The molecule has 0 amide bonds. The predicted molar refractivity (Wildman–Crippen MR) is 70.6 cm³/mol. The first-order chi connectivity index (χ1) is 9.67. The van der Waals surface area contributed by atoms with Gasteiger partial charge in [0.2, 0.25) is 0 Å². The van der Waals surface area contributed by atoms with Crippen LogP contribution in [-0.4, -0.2) is 24.1 Å². The minimum absolute atomic E-state index is 0.0199. The molecule has 0 atom stereocenters. The SMILES string of the molecule is O=S(=O)(Cc1nccn1CC(F)(F)F)c1ccc(Cl)cc1. The molecule has 0 spiro atoms. The normalized spacial score (nSPS) is 12.6. The Bertz CT molecular complexity index is 724. The Kier molecular flexibility index (Phi) is 4.29. The summed E-state index contributed by atoms with van der Waals surface area (Å²) in [5, 5.41) is 0.368. The molecule has 9 heteroatoms. The Morgan fingerprint density at radius 2 is 1.81 bits per heavy atom. The second kappa shape index (κ2) is 5.69. The number of rotatable bonds is 4. The average Bonchev–Trinajstić information content (AvgIpc) is 2.74. The number of alkyl halides is 3. The van der Waals surface area contributed by atoms with Gasteiger partial charge in [0.1, 0.15) is 18.1 Å². The Morgan fingerprint density at radius 1 is 1.19 bits per heavy atom. The lowest BCUT2D eigenvalue weighted by Gasteiger charge is -2.11. The van der Waals surface area contributed by atoms with Crippen molar-refractivity contribution in [2.45, 2.75) is 23.4 Å². The number of hydrogen-bond donors (Lipinski definition) is 0. The van der Waals surface area contributed by atoms with E-state index >= 15 is 0 Å². The highest BCUT2D eigenvalue weighted by Crippen LogP contribution is 2.21. The van der Waals surface area contributed by atoms with Gasteiger partial charge < -0.3 is 4.57 Å². The number of aromatic nitrogens is 2. The van der Waals surface area contributed by atoms with Crippen LogP contribution in [-0.2, 0) is 22.1 Å². The van der Waals surface area contributed by atoms with Crippen LogP contribution >= 0.6 is 11.6 Å². The third kappa shape index (κ3) is 4.21. The van der Waals surface area contributed by atoms with Crippen LogP contribution in [0.2, 0.25) is 5.02 Å². The maximum atomic E-state index is 12.4. The van der Waals surface area contributed by atoms with E-state index < -0.39 is 28.3 Å². The second-order valence-corrected chi connectivity index (χ2v) is 6.73. The molecule has 2 rings (SSSR count). The number of halogens is 4. The zero-order valence-electron chi connectivity index (χ0n) is 10.5. The number of nitrogens with zero attached hydrogens (tertiary/aromatic N) is 2. The molecule has 0 aliphatic rings. The van der Waals surface area contributed by atoms with Gasteiger partial charge in [-0.1, -0.05) is 11.6 Å². The molecule has 0 radical (unpaired) electrons. The van der Waals surface area contributed by atoms with E-state index in [0.29, 0.717) is 5.02 Å². The van der Waals surface area contributed by atoms with E-state index in [0.717, 1.165) is 17.0 Å². The van der Waals surface area contributed by atoms with Gasteiger partial charge in [-0.2, -0.15) is 13.2 Å². The van der Waals surface area contributed by atoms with Crippen LogP contribution in [0.3, 0.4) is 0 Å². The van der Waals surface area contributed by atoms with Crippen LogP contribution in [0.5, 0.6) is 0 Å². The highest BCUT2D eigenvalue weighted by atomic mass is 35.5. The minimum atomic E-state index is -4.44. The molecule has 0 saturated carbocycles. The molecule has 1 aromatic heterocycles. The zero-order valence-corrected chi connectivity index (χ0v) is 12.1. The number of imidazole rings is 1. The first-order valence-corrected chi connectivity index (χ1v) is 7.75. The molecule has 0 fully saturated rings. The fourth-order valence-corrected chi connectivity index (χ4v) is 3.14. The molecule has 2 aromatic rings. The van der Waals surface area contributed by atoms with Gasteiger partial charge in [0.15, 0.2) is 9.84 Å². The minimum Gasteiger partial charge on any atom is -0.325 e. The van der Waals surface area contributed by atoms with Crippen LogP contribution in [0.1, 0.15) is 5.82 Å². The first-order valence-electron chi connectivity index (χ1n) is 5.72. The van der Waals surface area contributed by atoms with Crippen LogP contribution in [0.15, 0.2) is 41.6 Å². The summed E-state index contributed by atoms with van der Waals surface area (Å²) in [6.07, 6.45) is -2.21. The summed E-state index contributed by atoms with van der Waals surface area (Å²) < 4.78 is 62.2. The van der Waals surface area contributed by atoms with E-state index in [1.165, 1.54) is 24.3 Å². The molecule has 21 heavy (non-hydrogen) atoms. The van der Waals surface area contributed by atoms with E-state index in [1.54, 1.807) is 0 Å². The number of benzene rings is 1. The largest absolute Gasteiger partial charge is 0.406 e. The van der Waals surface area contributed by atoms with Crippen molar-refractivity contribution in [2.24, 2.45) is 0 Å². The Labute approximate surface area is 124 Å². The molecule has 1 aromatic carbocycles.